The predicted octanol–water partition coefficient (Wildman–Crippen LogP) is 2.47. The van der Waals surface area contributed by atoms with Crippen LogP contribution in [0, 0.1) is 6.92 Å². The maximum atomic E-state index is 12.0. The fraction of sp³-hybridized carbons (Fsp3) is 0.250. The number of ether oxygens (including phenoxy) is 1. The zero-order chi connectivity index (χ0) is 18.2. The Hall–Kier alpha value is -2.95. The number of carbonyl (C=O) groups is 3. The Bertz CT molecular complexity index is 755. The molecule has 0 saturated carbocycles. The van der Waals surface area contributed by atoms with Crippen LogP contribution in [-0.4, -0.2) is 30.3 Å². The molecule has 0 bridgehead atoms. The van der Waals surface area contributed by atoms with Gasteiger partial charge in [-0.2, -0.15) is 0 Å². The van der Waals surface area contributed by atoms with Crippen LogP contribution in [0.15, 0.2) is 54.6 Å². The molecule has 0 aliphatic carbocycles. The van der Waals surface area contributed by atoms with E-state index in [2.05, 4.69) is 5.32 Å². The van der Waals surface area contributed by atoms with E-state index in [1.165, 1.54) is 6.92 Å². The fourth-order valence-electron chi connectivity index (χ4n) is 2.39. The van der Waals surface area contributed by atoms with Gasteiger partial charge in [-0.15, -0.1) is 0 Å². The van der Waals surface area contributed by atoms with E-state index >= 15 is 0 Å². The van der Waals surface area contributed by atoms with E-state index in [0.29, 0.717) is 12.0 Å². The summed E-state index contributed by atoms with van der Waals surface area (Å²) in [6.07, 6.45) is 0.396. The van der Waals surface area contributed by atoms with E-state index in [4.69, 9.17) is 4.74 Å². The van der Waals surface area contributed by atoms with Crippen molar-refractivity contribution in [3.63, 3.8) is 0 Å². The number of rotatable bonds is 7. The lowest BCUT2D eigenvalue weighted by atomic mass is 10.0. The molecule has 0 fully saturated rings. The van der Waals surface area contributed by atoms with Gasteiger partial charge in [-0.1, -0.05) is 48.5 Å². The van der Waals surface area contributed by atoms with Gasteiger partial charge in [0.2, 0.25) is 0 Å². The van der Waals surface area contributed by atoms with Gasteiger partial charge in [0.15, 0.2) is 12.4 Å². The Balaban J connectivity index is 1.90. The monoisotopic (exact) mass is 339 g/mol. The van der Waals surface area contributed by atoms with E-state index in [-0.39, 0.29) is 5.78 Å². The summed E-state index contributed by atoms with van der Waals surface area (Å²) in [5.41, 5.74) is 2.14. The lowest BCUT2D eigenvalue weighted by Crippen LogP contribution is -2.43. The van der Waals surface area contributed by atoms with Gasteiger partial charge in [0.05, 0.1) is 11.6 Å². The van der Waals surface area contributed by atoms with Gasteiger partial charge in [0.1, 0.15) is 0 Å². The molecule has 1 N–H and O–H groups in total. The van der Waals surface area contributed by atoms with Crippen molar-refractivity contribution in [2.45, 2.75) is 26.3 Å². The van der Waals surface area contributed by atoms with E-state index < -0.39 is 24.5 Å². The number of aryl methyl sites for hydroxylation is 1. The van der Waals surface area contributed by atoms with Crippen molar-refractivity contribution in [1.29, 1.82) is 0 Å². The molecular weight excluding hydrogens is 318 g/mol. The molecule has 0 aliphatic rings. The minimum atomic E-state index is -0.646. The minimum absolute atomic E-state index is 0.151. The zero-order valence-electron chi connectivity index (χ0n) is 14.3. The highest BCUT2D eigenvalue weighted by Gasteiger charge is 2.19. The largest absolute Gasteiger partial charge is 0.452 e. The highest BCUT2D eigenvalue weighted by atomic mass is 16.5. The van der Waals surface area contributed by atoms with Crippen LogP contribution in [0.1, 0.15) is 28.4 Å². The number of benzene rings is 2. The van der Waals surface area contributed by atoms with Crippen molar-refractivity contribution in [2.75, 3.05) is 6.61 Å². The van der Waals surface area contributed by atoms with Crippen LogP contribution in [0.3, 0.4) is 0 Å². The molecular formula is C20H21NO4. The van der Waals surface area contributed by atoms with Crippen molar-refractivity contribution < 1.29 is 19.1 Å². The summed E-state index contributed by atoms with van der Waals surface area (Å²) in [6.45, 7) is 2.79. The molecule has 0 aliphatic heterocycles. The van der Waals surface area contributed by atoms with Crippen molar-refractivity contribution >= 4 is 17.7 Å². The molecule has 0 heterocycles. The Kier molecular flexibility index (Phi) is 6.46. The summed E-state index contributed by atoms with van der Waals surface area (Å²) in [5, 5.41) is 2.62. The number of amides is 1. The van der Waals surface area contributed by atoms with Crippen LogP contribution >= 0.6 is 0 Å². The summed E-state index contributed by atoms with van der Waals surface area (Å²) in [4.78, 5) is 35.8. The first kappa shape index (κ1) is 18.4. The van der Waals surface area contributed by atoms with Crippen LogP contribution in [0.5, 0.6) is 0 Å². The summed E-state index contributed by atoms with van der Waals surface area (Å²) in [5.74, 6) is -1.21. The highest BCUT2D eigenvalue weighted by molar-refractivity contribution is 5.93. The Morgan fingerprint density at radius 2 is 1.64 bits per heavy atom. The third-order valence-corrected chi connectivity index (χ3v) is 3.81. The molecule has 0 radical (unpaired) electrons. The molecule has 2 aromatic carbocycles. The molecule has 1 amide bonds. The average molecular weight is 339 g/mol. The summed E-state index contributed by atoms with van der Waals surface area (Å²) < 4.78 is 5.04. The lowest BCUT2D eigenvalue weighted by molar-refractivity contribution is -0.128. The normalized spacial score (nSPS) is 11.4. The van der Waals surface area contributed by atoms with Crippen LogP contribution in [0.4, 0.5) is 0 Å². The van der Waals surface area contributed by atoms with Gasteiger partial charge in [0.25, 0.3) is 5.91 Å². The molecule has 0 spiro atoms. The first-order valence-corrected chi connectivity index (χ1v) is 8.04. The number of hydrogen-bond donors (Lipinski definition) is 1. The quantitative estimate of drug-likeness (QED) is 0.787. The second-order valence-corrected chi connectivity index (χ2v) is 5.81. The van der Waals surface area contributed by atoms with Crippen LogP contribution in [0.2, 0.25) is 0 Å². The number of esters is 1. The van der Waals surface area contributed by atoms with Crippen molar-refractivity contribution in [3.8, 4) is 0 Å². The van der Waals surface area contributed by atoms with Gasteiger partial charge in [0, 0.05) is 0 Å². The Labute approximate surface area is 147 Å². The van der Waals surface area contributed by atoms with Gasteiger partial charge in [-0.05, 0) is 37.5 Å². The first-order valence-electron chi connectivity index (χ1n) is 8.04. The maximum absolute atomic E-state index is 12.0. The van der Waals surface area contributed by atoms with Gasteiger partial charge >= 0.3 is 5.97 Å². The molecule has 0 unspecified atom stereocenters. The minimum Gasteiger partial charge on any atom is -0.452 e. The molecule has 5 heteroatoms. The highest BCUT2D eigenvalue weighted by Crippen LogP contribution is 2.08. The third-order valence-electron chi connectivity index (χ3n) is 3.81. The summed E-state index contributed by atoms with van der Waals surface area (Å²) in [6, 6.07) is 15.8. The molecule has 0 saturated heterocycles. The SMILES string of the molecule is CC(=O)[C@H](Cc1ccccc1)NC(=O)COC(=O)c1ccccc1C. The smallest absolute Gasteiger partial charge is 0.338 e. The van der Waals surface area contributed by atoms with Crippen molar-refractivity contribution in [3.05, 3.63) is 71.3 Å². The lowest BCUT2D eigenvalue weighted by Gasteiger charge is -2.16. The molecule has 25 heavy (non-hydrogen) atoms. The zero-order valence-corrected chi connectivity index (χ0v) is 14.3. The van der Waals surface area contributed by atoms with Gasteiger partial charge in [-0.25, -0.2) is 4.79 Å². The standard InChI is InChI=1S/C20H21NO4/c1-14-8-6-7-11-17(14)20(24)25-13-19(23)21-18(15(2)22)12-16-9-4-3-5-10-16/h3-11,18H,12-13H2,1-2H3,(H,21,23)/t18-/m0/s1. The van der Waals surface area contributed by atoms with E-state index in [1.807, 2.05) is 36.4 Å². The van der Waals surface area contributed by atoms with Crippen molar-refractivity contribution in [1.82, 2.24) is 5.32 Å². The Morgan fingerprint density at radius 3 is 2.28 bits per heavy atom. The van der Waals surface area contributed by atoms with E-state index in [1.54, 1.807) is 25.1 Å². The van der Waals surface area contributed by atoms with Gasteiger partial charge < -0.3 is 10.1 Å². The summed E-state index contributed by atoms with van der Waals surface area (Å²) in [7, 11) is 0. The number of Topliss-reactive ketones (excluding diaryl/α,β-unsaturated/α-hetero) is 1. The number of hydrogen-bond acceptors (Lipinski definition) is 4. The number of nitrogens with one attached hydrogen (secondary N) is 1. The predicted molar refractivity (Wildman–Crippen MR) is 94.2 cm³/mol. The topological polar surface area (TPSA) is 72.5 Å². The number of ketones is 1. The summed E-state index contributed by atoms with van der Waals surface area (Å²) >= 11 is 0. The average Bonchev–Trinajstić information content (AvgIpc) is 2.60. The first-order chi connectivity index (χ1) is 12.0. The third kappa shape index (κ3) is 5.57. The van der Waals surface area contributed by atoms with Crippen LogP contribution in [0.25, 0.3) is 0 Å². The maximum Gasteiger partial charge on any atom is 0.338 e. The molecule has 130 valence electrons. The fourth-order valence-corrected chi connectivity index (χ4v) is 2.39. The molecule has 1 atom stereocenters. The van der Waals surface area contributed by atoms with Crippen LogP contribution in [-0.2, 0) is 20.7 Å². The van der Waals surface area contributed by atoms with Gasteiger partial charge in [-0.3, -0.25) is 9.59 Å². The molecule has 0 aromatic heterocycles. The molecule has 5 nitrogen and oxygen atoms in total. The number of carbonyl (C=O) groups excluding carboxylic acids is 3. The molecule has 2 aromatic rings. The Morgan fingerprint density at radius 1 is 1.00 bits per heavy atom. The second kappa shape index (κ2) is 8.78. The van der Waals surface area contributed by atoms with E-state index in [0.717, 1.165) is 11.1 Å². The van der Waals surface area contributed by atoms with E-state index in [9.17, 15) is 14.4 Å². The van der Waals surface area contributed by atoms with Crippen LogP contribution < -0.4 is 5.32 Å². The van der Waals surface area contributed by atoms with Crippen molar-refractivity contribution in [2.24, 2.45) is 0 Å². The second-order valence-electron chi connectivity index (χ2n) is 5.81. The molecule has 2 rings (SSSR count).